The van der Waals surface area contributed by atoms with Gasteiger partial charge in [-0.05, 0) is 24.6 Å². The smallest absolute Gasteiger partial charge is 0.238 e. The molecule has 7 heteroatoms. The summed E-state index contributed by atoms with van der Waals surface area (Å²) in [5.74, 6) is 1.47. The van der Waals surface area contributed by atoms with Crippen LogP contribution in [0.1, 0.15) is 11.3 Å². The summed E-state index contributed by atoms with van der Waals surface area (Å²) >= 11 is 0. The number of ether oxygens (including phenoxy) is 1. The highest BCUT2D eigenvalue weighted by atomic mass is 32.2. The number of nitrogens with one attached hydrogen (secondary N) is 1. The number of aromatic nitrogens is 1. The fourth-order valence-electron chi connectivity index (χ4n) is 1.75. The Morgan fingerprint density at radius 1 is 1.43 bits per heavy atom. The number of nitrogens with zero attached hydrogens (tertiary/aromatic N) is 1. The van der Waals surface area contributed by atoms with Crippen LogP contribution in [0.5, 0.6) is 5.75 Å². The Kier molecular flexibility index (Phi) is 5.10. The van der Waals surface area contributed by atoms with E-state index in [-0.39, 0.29) is 11.7 Å². The first-order valence-corrected chi connectivity index (χ1v) is 7.76. The molecule has 1 N–H and O–H groups in total. The van der Waals surface area contributed by atoms with Gasteiger partial charge in [0.05, 0.1) is 7.11 Å². The van der Waals surface area contributed by atoms with E-state index in [9.17, 15) is 9.00 Å². The van der Waals surface area contributed by atoms with Crippen LogP contribution in [0.4, 0.5) is 5.82 Å². The minimum Gasteiger partial charge on any atom is -0.497 e. The van der Waals surface area contributed by atoms with Gasteiger partial charge in [-0.1, -0.05) is 17.3 Å². The summed E-state index contributed by atoms with van der Waals surface area (Å²) in [5.41, 5.74) is 0.859. The highest BCUT2D eigenvalue weighted by Gasteiger charge is 2.11. The Balaban J connectivity index is 1.87. The third-order valence-corrected chi connectivity index (χ3v) is 3.89. The average Bonchev–Trinajstić information content (AvgIpc) is 2.83. The number of rotatable bonds is 6. The molecule has 0 aliphatic carbocycles. The summed E-state index contributed by atoms with van der Waals surface area (Å²) in [6.45, 7) is 1.73. The molecule has 0 bridgehead atoms. The summed E-state index contributed by atoms with van der Waals surface area (Å²) in [6.07, 6.45) is 0. The molecule has 1 amide bonds. The number of anilines is 1. The minimum atomic E-state index is -1.30. The van der Waals surface area contributed by atoms with Gasteiger partial charge < -0.3 is 14.6 Å². The fourth-order valence-corrected chi connectivity index (χ4v) is 2.77. The predicted molar refractivity (Wildman–Crippen MR) is 79.6 cm³/mol. The lowest BCUT2D eigenvalue weighted by Crippen LogP contribution is -2.20. The molecular formula is C14H16N2O4S. The molecule has 112 valence electrons. The molecule has 1 atom stereocenters. The van der Waals surface area contributed by atoms with Gasteiger partial charge >= 0.3 is 0 Å². The number of carbonyl (C=O) groups excluding carboxylic acids is 1. The summed E-state index contributed by atoms with van der Waals surface area (Å²) in [7, 11) is 0.269. The lowest BCUT2D eigenvalue weighted by molar-refractivity contribution is -0.113. The zero-order valence-corrected chi connectivity index (χ0v) is 12.6. The number of hydrogen-bond acceptors (Lipinski definition) is 5. The summed E-state index contributed by atoms with van der Waals surface area (Å²) in [4.78, 5) is 11.7. The van der Waals surface area contributed by atoms with E-state index in [0.29, 0.717) is 23.1 Å². The lowest BCUT2D eigenvalue weighted by Gasteiger charge is -2.05. The standard InChI is InChI=1S/C14H16N2O4S/c1-10-6-13(16-20-10)15-14(17)9-21(18)8-11-4-3-5-12(7-11)19-2/h3-7H,8-9H2,1-2H3,(H,15,16,17). The van der Waals surface area contributed by atoms with Crippen molar-refractivity contribution in [3.8, 4) is 5.75 Å². The molecule has 0 radical (unpaired) electrons. The van der Waals surface area contributed by atoms with Crippen molar-refractivity contribution in [2.24, 2.45) is 0 Å². The molecule has 1 aromatic heterocycles. The van der Waals surface area contributed by atoms with Crippen LogP contribution in [-0.4, -0.2) is 28.1 Å². The lowest BCUT2D eigenvalue weighted by atomic mass is 10.2. The minimum absolute atomic E-state index is 0.0941. The van der Waals surface area contributed by atoms with Crippen molar-refractivity contribution in [2.75, 3.05) is 18.2 Å². The molecule has 2 aromatic rings. The number of methoxy groups -OCH3 is 1. The highest BCUT2D eigenvalue weighted by molar-refractivity contribution is 7.84. The molecule has 0 fully saturated rings. The van der Waals surface area contributed by atoms with Crippen LogP contribution >= 0.6 is 0 Å². The van der Waals surface area contributed by atoms with Gasteiger partial charge in [-0.15, -0.1) is 0 Å². The molecular weight excluding hydrogens is 292 g/mol. The Hall–Kier alpha value is -2.15. The first-order chi connectivity index (χ1) is 10.1. The molecule has 0 saturated carbocycles. The van der Waals surface area contributed by atoms with Crippen LogP contribution in [0.25, 0.3) is 0 Å². The Morgan fingerprint density at radius 2 is 2.24 bits per heavy atom. The predicted octanol–water partition coefficient (Wildman–Crippen LogP) is 1.88. The second-order valence-corrected chi connectivity index (χ2v) is 5.91. The number of amides is 1. The first kappa shape index (κ1) is 15.2. The third kappa shape index (κ3) is 4.71. The molecule has 21 heavy (non-hydrogen) atoms. The quantitative estimate of drug-likeness (QED) is 0.881. The summed E-state index contributed by atoms with van der Waals surface area (Å²) in [5, 5.41) is 6.19. The van der Waals surface area contributed by atoms with E-state index in [4.69, 9.17) is 9.26 Å². The van der Waals surface area contributed by atoms with E-state index in [1.165, 1.54) is 0 Å². The van der Waals surface area contributed by atoms with Gasteiger partial charge in [-0.25, -0.2) is 0 Å². The average molecular weight is 308 g/mol. The Labute approximate surface area is 124 Å². The second-order valence-electron chi connectivity index (χ2n) is 4.45. The van der Waals surface area contributed by atoms with E-state index in [2.05, 4.69) is 10.5 Å². The number of benzene rings is 1. The SMILES string of the molecule is COc1cccc(CS(=O)CC(=O)Nc2cc(C)on2)c1. The van der Waals surface area contributed by atoms with Crippen LogP contribution in [0.3, 0.4) is 0 Å². The molecule has 1 heterocycles. The van der Waals surface area contributed by atoms with Crippen molar-refractivity contribution in [3.63, 3.8) is 0 Å². The molecule has 2 rings (SSSR count). The van der Waals surface area contributed by atoms with E-state index in [1.54, 1.807) is 26.2 Å². The number of carbonyl (C=O) groups is 1. The maximum Gasteiger partial charge on any atom is 0.238 e. The molecule has 0 aliphatic rings. The molecule has 0 saturated heterocycles. The monoisotopic (exact) mass is 308 g/mol. The van der Waals surface area contributed by atoms with Gasteiger partial charge in [0.15, 0.2) is 5.82 Å². The van der Waals surface area contributed by atoms with E-state index in [1.807, 2.05) is 18.2 Å². The van der Waals surface area contributed by atoms with E-state index < -0.39 is 10.8 Å². The third-order valence-electron chi connectivity index (χ3n) is 2.65. The van der Waals surface area contributed by atoms with Crippen molar-refractivity contribution in [2.45, 2.75) is 12.7 Å². The van der Waals surface area contributed by atoms with Crippen molar-refractivity contribution < 1.29 is 18.3 Å². The van der Waals surface area contributed by atoms with Crippen molar-refractivity contribution >= 4 is 22.5 Å². The molecule has 0 spiro atoms. The Morgan fingerprint density at radius 3 is 2.90 bits per heavy atom. The van der Waals surface area contributed by atoms with Crippen LogP contribution in [0.15, 0.2) is 34.9 Å². The zero-order valence-electron chi connectivity index (χ0n) is 11.8. The van der Waals surface area contributed by atoms with Gasteiger partial charge in [-0.3, -0.25) is 9.00 Å². The highest BCUT2D eigenvalue weighted by Crippen LogP contribution is 2.14. The number of hydrogen-bond donors (Lipinski definition) is 1. The normalized spacial score (nSPS) is 11.9. The maximum absolute atomic E-state index is 12.0. The van der Waals surface area contributed by atoms with Gasteiger partial charge in [-0.2, -0.15) is 0 Å². The molecule has 1 unspecified atom stereocenters. The Bertz CT molecular complexity index is 654. The van der Waals surface area contributed by atoms with E-state index >= 15 is 0 Å². The summed E-state index contributed by atoms with van der Waals surface area (Å²) in [6, 6.07) is 8.88. The summed E-state index contributed by atoms with van der Waals surface area (Å²) < 4.78 is 21.9. The number of aryl methyl sites for hydroxylation is 1. The molecule has 6 nitrogen and oxygen atoms in total. The second kappa shape index (κ2) is 7.03. The van der Waals surface area contributed by atoms with Crippen molar-refractivity contribution in [1.82, 2.24) is 5.16 Å². The largest absolute Gasteiger partial charge is 0.497 e. The van der Waals surface area contributed by atoms with Gasteiger partial charge in [0.25, 0.3) is 0 Å². The maximum atomic E-state index is 12.0. The van der Waals surface area contributed by atoms with Crippen LogP contribution in [0, 0.1) is 6.92 Å². The van der Waals surface area contributed by atoms with Gasteiger partial charge in [0.1, 0.15) is 17.3 Å². The molecule has 1 aromatic carbocycles. The molecule has 0 aliphatic heterocycles. The zero-order chi connectivity index (χ0) is 15.2. The van der Waals surface area contributed by atoms with Crippen molar-refractivity contribution in [1.29, 1.82) is 0 Å². The van der Waals surface area contributed by atoms with Crippen LogP contribution in [-0.2, 0) is 21.3 Å². The van der Waals surface area contributed by atoms with Gasteiger partial charge in [0, 0.05) is 22.6 Å². The van der Waals surface area contributed by atoms with Crippen LogP contribution < -0.4 is 10.1 Å². The van der Waals surface area contributed by atoms with Crippen molar-refractivity contribution in [3.05, 3.63) is 41.7 Å². The topological polar surface area (TPSA) is 81.4 Å². The van der Waals surface area contributed by atoms with E-state index in [0.717, 1.165) is 5.56 Å². The first-order valence-electron chi connectivity index (χ1n) is 6.28. The fraction of sp³-hybridized carbons (Fsp3) is 0.286. The van der Waals surface area contributed by atoms with Gasteiger partial charge in [0.2, 0.25) is 5.91 Å². The van der Waals surface area contributed by atoms with Crippen LogP contribution in [0.2, 0.25) is 0 Å².